The van der Waals surface area contributed by atoms with Gasteiger partial charge in [0.15, 0.2) is 0 Å². The molecule has 2 aromatic carbocycles. The van der Waals surface area contributed by atoms with E-state index in [-0.39, 0.29) is 24.3 Å². The van der Waals surface area contributed by atoms with Crippen LogP contribution in [0.1, 0.15) is 20.7 Å². The summed E-state index contributed by atoms with van der Waals surface area (Å²) >= 11 is 0. The predicted molar refractivity (Wildman–Crippen MR) is 109 cm³/mol. The lowest BCUT2D eigenvalue weighted by molar-refractivity contribution is -0.133. The number of benzene rings is 2. The number of carbonyl (C=O) groups is 3. The highest BCUT2D eigenvalue weighted by atomic mass is 16.5. The van der Waals surface area contributed by atoms with Crippen molar-refractivity contribution in [3.63, 3.8) is 0 Å². The Balaban J connectivity index is 1.51. The Bertz CT molecular complexity index is 859. The van der Waals surface area contributed by atoms with Gasteiger partial charge in [-0.25, -0.2) is 0 Å². The Kier molecular flexibility index (Phi) is 6.49. The molecule has 0 saturated carbocycles. The van der Waals surface area contributed by atoms with Gasteiger partial charge in [0.1, 0.15) is 5.75 Å². The van der Waals surface area contributed by atoms with Gasteiger partial charge in [-0.2, -0.15) is 0 Å². The van der Waals surface area contributed by atoms with Crippen molar-refractivity contribution in [2.24, 2.45) is 0 Å². The molecule has 1 aliphatic heterocycles. The van der Waals surface area contributed by atoms with E-state index in [0.29, 0.717) is 43.1 Å². The zero-order valence-electron chi connectivity index (χ0n) is 16.7. The molecular formula is C22H25N3O4. The molecule has 0 aliphatic carbocycles. The third kappa shape index (κ3) is 4.93. The molecule has 3 amide bonds. The number of hydrogen-bond acceptors (Lipinski definition) is 4. The fraction of sp³-hybridized carbons (Fsp3) is 0.318. The lowest BCUT2D eigenvalue weighted by Gasteiger charge is -2.35. The summed E-state index contributed by atoms with van der Waals surface area (Å²) in [5.41, 5.74) is 1.15. The quantitative estimate of drug-likeness (QED) is 0.774. The van der Waals surface area contributed by atoms with Crippen LogP contribution in [0, 0.1) is 0 Å². The topological polar surface area (TPSA) is 70.2 Å². The standard InChI is InChI=1S/C22H25N3O4/c1-23(21(27)17-6-4-3-5-7-17)16-20(26)24-12-14-25(15-13-24)22(28)18-8-10-19(29-2)11-9-18/h3-11H,12-16H2,1-2H3. The molecule has 7 nitrogen and oxygen atoms in total. The summed E-state index contributed by atoms with van der Waals surface area (Å²) in [6.45, 7) is 1.85. The minimum atomic E-state index is -0.188. The van der Waals surface area contributed by atoms with Crippen molar-refractivity contribution in [3.05, 3.63) is 65.7 Å². The Labute approximate surface area is 170 Å². The highest BCUT2D eigenvalue weighted by molar-refractivity contribution is 5.96. The number of nitrogens with zero attached hydrogens (tertiary/aromatic N) is 3. The molecule has 0 spiro atoms. The third-order valence-electron chi connectivity index (χ3n) is 5.00. The van der Waals surface area contributed by atoms with Crippen LogP contribution >= 0.6 is 0 Å². The second-order valence-corrected chi connectivity index (χ2v) is 6.93. The average Bonchev–Trinajstić information content (AvgIpc) is 2.78. The fourth-order valence-electron chi connectivity index (χ4n) is 3.25. The van der Waals surface area contributed by atoms with Gasteiger partial charge in [-0.15, -0.1) is 0 Å². The second kappa shape index (κ2) is 9.23. The molecule has 0 aromatic heterocycles. The van der Waals surface area contributed by atoms with Gasteiger partial charge in [0, 0.05) is 44.4 Å². The van der Waals surface area contributed by atoms with E-state index in [9.17, 15) is 14.4 Å². The molecule has 1 fully saturated rings. The summed E-state index contributed by atoms with van der Waals surface area (Å²) < 4.78 is 5.11. The van der Waals surface area contributed by atoms with Crippen LogP contribution in [-0.2, 0) is 4.79 Å². The zero-order chi connectivity index (χ0) is 20.8. The molecule has 2 aromatic rings. The van der Waals surface area contributed by atoms with Gasteiger partial charge in [-0.05, 0) is 36.4 Å². The molecule has 0 N–H and O–H groups in total. The van der Waals surface area contributed by atoms with Crippen LogP contribution in [0.4, 0.5) is 0 Å². The lowest BCUT2D eigenvalue weighted by Crippen LogP contribution is -2.52. The molecule has 3 rings (SSSR count). The minimum Gasteiger partial charge on any atom is -0.497 e. The largest absolute Gasteiger partial charge is 0.497 e. The zero-order valence-corrected chi connectivity index (χ0v) is 16.7. The molecule has 1 aliphatic rings. The van der Waals surface area contributed by atoms with Gasteiger partial charge in [0.25, 0.3) is 11.8 Å². The van der Waals surface area contributed by atoms with Crippen molar-refractivity contribution >= 4 is 17.7 Å². The highest BCUT2D eigenvalue weighted by Crippen LogP contribution is 2.14. The van der Waals surface area contributed by atoms with Crippen LogP contribution in [0.2, 0.25) is 0 Å². The number of methoxy groups -OCH3 is 1. The summed E-state index contributed by atoms with van der Waals surface area (Å²) in [7, 11) is 3.20. The first-order valence-electron chi connectivity index (χ1n) is 9.51. The highest BCUT2D eigenvalue weighted by Gasteiger charge is 2.26. The van der Waals surface area contributed by atoms with Crippen LogP contribution in [-0.4, -0.2) is 79.3 Å². The summed E-state index contributed by atoms with van der Waals surface area (Å²) in [6, 6.07) is 15.9. The van der Waals surface area contributed by atoms with E-state index in [0.717, 1.165) is 0 Å². The van der Waals surface area contributed by atoms with Crippen molar-refractivity contribution in [1.82, 2.24) is 14.7 Å². The molecule has 7 heteroatoms. The van der Waals surface area contributed by atoms with Gasteiger partial charge in [0.05, 0.1) is 13.7 Å². The third-order valence-corrected chi connectivity index (χ3v) is 5.00. The maximum Gasteiger partial charge on any atom is 0.254 e. The SMILES string of the molecule is COc1ccc(C(=O)N2CCN(C(=O)CN(C)C(=O)c3ccccc3)CC2)cc1. The molecule has 0 bridgehead atoms. The van der Waals surface area contributed by atoms with Crippen LogP contribution in [0.25, 0.3) is 0 Å². The van der Waals surface area contributed by atoms with Gasteiger partial charge in [-0.1, -0.05) is 18.2 Å². The normalized spacial score (nSPS) is 13.7. The van der Waals surface area contributed by atoms with Crippen LogP contribution in [0.5, 0.6) is 5.75 Å². The van der Waals surface area contributed by atoms with Crippen molar-refractivity contribution in [2.75, 3.05) is 46.9 Å². The number of carbonyl (C=O) groups excluding carboxylic acids is 3. The second-order valence-electron chi connectivity index (χ2n) is 6.93. The smallest absolute Gasteiger partial charge is 0.254 e. The summed E-state index contributed by atoms with van der Waals surface area (Å²) in [4.78, 5) is 42.5. The van der Waals surface area contributed by atoms with E-state index in [1.54, 1.807) is 72.5 Å². The molecule has 1 heterocycles. The van der Waals surface area contributed by atoms with Crippen molar-refractivity contribution < 1.29 is 19.1 Å². The van der Waals surface area contributed by atoms with Crippen molar-refractivity contribution in [3.8, 4) is 5.75 Å². The number of likely N-dealkylation sites (N-methyl/N-ethyl adjacent to an activating group) is 1. The number of amides is 3. The molecule has 0 radical (unpaired) electrons. The monoisotopic (exact) mass is 395 g/mol. The number of piperazine rings is 1. The lowest BCUT2D eigenvalue weighted by atomic mass is 10.1. The van der Waals surface area contributed by atoms with Crippen molar-refractivity contribution in [2.45, 2.75) is 0 Å². The van der Waals surface area contributed by atoms with E-state index in [2.05, 4.69) is 0 Å². The number of ether oxygens (including phenoxy) is 1. The molecule has 29 heavy (non-hydrogen) atoms. The summed E-state index contributed by atoms with van der Waals surface area (Å²) in [6.07, 6.45) is 0. The van der Waals surface area contributed by atoms with E-state index < -0.39 is 0 Å². The maximum absolute atomic E-state index is 12.6. The predicted octanol–water partition coefficient (Wildman–Crippen LogP) is 1.75. The Hall–Kier alpha value is -3.35. The van der Waals surface area contributed by atoms with Gasteiger partial charge in [0.2, 0.25) is 5.91 Å². The first-order valence-corrected chi connectivity index (χ1v) is 9.51. The number of hydrogen-bond donors (Lipinski definition) is 0. The Morgan fingerprint density at radius 2 is 1.45 bits per heavy atom. The van der Waals surface area contributed by atoms with E-state index in [1.165, 1.54) is 4.90 Å². The molecule has 1 saturated heterocycles. The van der Waals surface area contributed by atoms with E-state index in [1.807, 2.05) is 6.07 Å². The Morgan fingerprint density at radius 3 is 2.03 bits per heavy atom. The van der Waals surface area contributed by atoms with E-state index in [4.69, 9.17) is 4.74 Å². The summed E-state index contributed by atoms with van der Waals surface area (Å²) in [5, 5.41) is 0. The molecular weight excluding hydrogens is 370 g/mol. The van der Waals surface area contributed by atoms with Gasteiger partial charge < -0.3 is 19.4 Å². The van der Waals surface area contributed by atoms with Crippen molar-refractivity contribution in [1.29, 1.82) is 0 Å². The molecule has 0 atom stereocenters. The number of rotatable bonds is 5. The van der Waals surface area contributed by atoms with Crippen LogP contribution in [0.3, 0.4) is 0 Å². The average molecular weight is 395 g/mol. The molecule has 0 unspecified atom stereocenters. The first-order chi connectivity index (χ1) is 14.0. The fourth-order valence-corrected chi connectivity index (χ4v) is 3.25. The molecule has 152 valence electrons. The first kappa shape index (κ1) is 20.4. The minimum absolute atomic E-state index is 0.0140. The van der Waals surface area contributed by atoms with Crippen LogP contribution < -0.4 is 4.74 Å². The maximum atomic E-state index is 12.6. The summed E-state index contributed by atoms with van der Waals surface area (Å²) in [5.74, 6) is 0.336. The van der Waals surface area contributed by atoms with Crippen LogP contribution in [0.15, 0.2) is 54.6 Å². The van der Waals surface area contributed by atoms with Gasteiger partial charge in [-0.3, -0.25) is 14.4 Å². The van der Waals surface area contributed by atoms with Gasteiger partial charge >= 0.3 is 0 Å². The van der Waals surface area contributed by atoms with E-state index >= 15 is 0 Å². The Morgan fingerprint density at radius 1 is 0.862 bits per heavy atom.